The van der Waals surface area contributed by atoms with Crippen molar-refractivity contribution in [2.24, 2.45) is 29.6 Å². The molecule has 226 valence electrons. The lowest BCUT2D eigenvalue weighted by molar-refractivity contribution is 0.00327. The molecule has 8 atom stereocenters. The van der Waals surface area contributed by atoms with Crippen molar-refractivity contribution in [3.05, 3.63) is 22.8 Å². The Bertz CT molecular complexity index is 723. The molecule has 0 unspecified atom stereocenters. The Hall–Kier alpha value is 0.524. The molecule has 0 bridgehead atoms. The maximum atomic E-state index is 11.1. The SMILES string of the molecule is C=C[C@H](C)[C@H](O)[C@@H](C)[C@@H](CC[C@H](C)C[C@H](C)[C@@H](O[Si](C)(C)C(C)(C)C)[C@@H](C)/C=C\I)O[Si](C)(C)C(C)(C)C. The summed E-state index contributed by atoms with van der Waals surface area (Å²) in [6.07, 6.45) is 7.18. The summed E-state index contributed by atoms with van der Waals surface area (Å²) in [5.74, 6) is 1.51. The maximum absolute atomic E-state index is 11.1. The molecule has 0 aromatic rings. The van der Waals surface area contributed by atoms with Crippen LogP contribution in [-0.4, -0.2) is 40.1 Å². The lowest BCUT2D eigenvalue weighted by Crippen LogP contribution is -2.48. The number of halogens is 1. The van der Waals surface area contributed by atoms with Gasteiger partial charge in [0, 0.05) is 11.8 Å². The van der Waals surface area contributed by atoms with E-state index in [1.807, 2.05) is 6.08 Å². The molecule has 0 aromatic carbocycles. The fraction of sp³-hybridized carbons (Fsp3) is 0.875. The predicted octanol–water partition coefficient (Wildman–Crippen LogP) is 10.6. The van der Waals surface area contributed by atoms with Gasteiger partial charge in [0.1, 0.15) is 0 Å². The summed E-state index contributed by atoms with van der Waals surface area (Å²) in [4.78, 5) is 0. The van der Waals surface area contributed by atoms with E-state index < -0.39 is 22.7 Å². The first-order valence-corrected chi connectivity index (χ1v) is 22.0. The first kappa shape index (κ1) is 38.5. The molecule has 0 fully saturated rings. The van der Waals surface area contributed by atoms with E-state index in [2.05, 4.69) is 142 Å². The molecule has 0 aliphatic heterocycles. The van der Waals surface area contributed by atoms with Crippen LogP contribution in [-0.2, 0) is 8.85 Å². The van der Waals surface area contributed by atoms with Crippen molar-refractivity contribution in [3.8, 4) is 0 Å². The summed E-state index contributed by atoms with van der Waals surface area (Å²) in [5, 5.41) is 11.4. The van der Waals surface area contributed by atoms with Crippen LogP contribution in [0.15, 0.2) is 22.8 Å². The number of aliphatic hydroxyl groups excluding tert-OH is 1. The molecule has 0 aromatic heterocycles. The summed E-state index contributed by atoms with van der Waals surface area (Å²) >= 11 is 2.33. The summed E-state index contributed by atoms with van der Waals surface area (Å²) in [6.45, 7) is 38.5. The van der Waals surface area contributed by atoms with Crippen LogP contribution in [0.1, 0.15) is 95.4 Å². The van der Waals surface area contributed by atoms with Gasteiger partial charge in [-0.2, -0.15) is 0 Å². The minimum atomic E-state index is -1.97. The van der Waals surface area contributed by atoms with E-state index in [0.717, 1.165) is 19.3 Å². The van der Waals surface area contributed by atoms with Gasteiger partial charge in [-0.1, -0.05) is 111 Å². The fourth-order valence-electron chi connectivity index (χ4n) is 4.64. The second-order valence-electron chi connectivity index (χ2n) is 15.3. The van der Waals surface area contributed by atoms with E-state index in [1.54, 1.807) is 0 Å². The number of hydrogen-bond acceptors (Lipinski definition) is 3. The van der Waals surface area contributed by atoms with Crippen molar-refractivity contribution in [1.82, 2.24) is 0 Å². The van der Waals surface area contributed by atoms with Crippen molar-refractivity contribution in [3.63, 3.8) is 0 Å². The van der Waals surface area contributed by atoms with Crippen LogP contribution in [0.2, 0.25) is 36.3 Å². The van der Waals surface area contributed by atoms with Crippen LogP contribution >= 0.6 is 22.6 Å². The lowest BCUT2D eigenvalue weighted by atomic mass is 9.83. The van der Waals surface area contributed by atoms with Gasteiger partial charge in [-0.15, -0.1) is 6.58 Å². The topological polar surface area (TPSA) is 38.7 Å². The Labute approximate surface area is 254 Å². The third-order valence-electron chi connectivity index (χ3n) is 9.70. The van der Waals surface area contributed by atoms with Gasteiger partial charge in [-0.25, -0.2) is 0 Å². The Balaban J connectivity index is 5.71. The van der Waals surface area contributed by atoms with E-state index in [0.29, 0.717) is 17.8 Å². The van der Waals surface area contributed by atoms with Gasteiger partial charge in [-0.05, 0) is 77.4 Å². The van der Waals surface area contributed by atoms with E-state index >= 15 is 0 Å². The van der Waals surface area contributed by atoms with Crippen molar-refractivity contribution in [2.45, 2.75) is 150 Å². The third-order valence-corrected chi connectivity index (χ3v) is 19.1. The molecular weight excluding hydrogens is 615 g/mol. The number of hydrogen-bond donors (Lipinski definition) is 1. The average molecular weight is 681 g/mol. The van der Waals surface area contributed by atoms with Crippen LogP contribution in [0, 0.1) is 29.6 Å². The van der Waals surface area contributed by atoms with Gasteiger partial charge >= 0.3 is 0 Å². The smallest absolute Gasteiger partial charge is 0.192 e. The normalized spacial score (nSPS) is 20.4. The van der Waals surface area contributed by atoms with Crippen molar-refractivity contribution < 1.29 is 14.0 Å². The first-order valence-electron chi connectivity index (χ1n) is 15.0. The maximum Gasteiger partial charge on any atom is 0.192 e. The van der Waals surface area contributed by atoms with Gasteiger partial charge < -0.3 is 14.0 Å². The van der Waals surface area contributed by atoms with Gasteiger partial charge in [0.2, 0.25) is 0 Å². The molecular formula is C32H65IO3Si2. The molecule has 0 rings (SSSR count). The zero-order valence-electron chi connectivity index (χ0n) is 27.8. The number of rotatable bonds is 16. The molecule has 0 heterocycles. The Morgan fingerprint density at radius 2 is 1.29 bits per heavy atom. The highest BCUT2D eigenvalue weighted by Gasteiger charge is 2.43. The molecule has 0 aliphatic carbocycles. The van der Waals surface area contributed by atoms with Crippen molar-refractivity contribution in [2.75, 3.05) is 0 Å². The predicted molar refractivity (Wildman–Crippen MR) is 183 cm³/mol. The second kappa shape index (κ2) is 15.7. The zero-order valence-corrected chi connectivity index (χ0v) is 32.0. The molecule has 6 heteroatoms. The molecule has 38 heavy (non-hydrogen) atoms. The van der Waals surface area contributed by atoms with E-state index in [9.17, 15) is 5.11 Å². The van der Waals surface area contributed by atoms with Crippen LogP contribution in [0.4, 0.5) is 0 Å². The quantitative estimate of drug-likeness (QED) is 0.100. The monoisotopic (exact) mass is 680 g/mol. The van der Waals surface area contributed by atoms with Gasteiger partial charge in [0.25, 0.3) is 0 Å². The second-order valence-corrected chi connectivity index (χ2v) is 25.5. The Morgan fingerprint density at radius 1 is 0.816 bits per heavy atom. The van der Waals surface area contributed by atoms with Crippen LogP contribution in [0.5, 0.6) is 0 Å². The molecule has 3 nitrogen and oxygen atoms in total. The summed E-state index contributed by atoms with van der Waals surface area (Å²) in [7, 11) is -3.86. The van der Waals surface area contributed by atoms with Gasteiger partial charge in [-0.3, -0.25) is 0 Å². The van der Waals surface area contributed by atoms with Gasteiger partial charge in [0.05, 0.1) is 18.3 Å². The van der Waals surface area contributed by atoms with Crippen LogP contribution in [0.3, 0.4) is 0 Å². The summed E-state index contributed by atoms with van der Waals surface area (Å²) in [5.41, 5.74) is 0. The third kappa shape index (κ3) is 11.8. The first-order chi connectivity index (χ1) is 17.0. The molecule has 0 saturated carbocycles. The van der Waals surface area contributed by atoms with E-state index in [4.69, 9.17) is 8.85 Å². The highest BCUT2D eigenvalue weighted by Crippen LogP contribution is 2.41. The highest BCUT2D eigenvalue weighted by atomic mass is 127. The molecule has 1 N–H and O–H groups in total. The van der Waals surface area contributed by atoms with Crippen molar-refractivity contribution in [1.29, 1.82) is 0 Å². The molecule has 0 amide bonds. The minimum absolute atomic E-state index is 0.0474. The summed E-state index contributed by atoms with van der Waals surface area (Å²) < 4.78 is 16.2. The van der Waals surface area contributed by atoms with Crippen molar-refractivity contribution >= 4 is 39.2 Å². The summed E-state index contributed by atoms with van der Waals surface area (Å²) in [6, 6.07) is 0. The lowest BCUT2D eigenvalue weighted by Gasteiger charge is -2.43. The fourth-order valence-corrected chi connectivity index (χ4v) is 8.22. The average Bonchev–Trinajstić information content (AvgIpc) is 2.77. The number of aliphatic hydroxyl groups is 1. The van der Waals surface area contributed by atoms with Crippen LogP contribution in [0.25, 0.3) is 0 Å². The Kier molecular flexibility index (Phi) is 15.9. The van der Waals surface area contributed by atoms with Crippen LogP contribution < -0.4 is 0 Å². The van der Waals surface area contributed by atoms with E-state index in [-0.39, 0.29) is 34.1 Å². The van der Waals surface area contributed by atoms with E-state index in [1.165, 1.54) is 0 Å². The molecule has 0 radical (unpaired) electrons. The molecule has 0 saturated heterocycles. The standard InChI is InChI=1S/C32H65IO3Si2/c1-17-24(3)29(34)27(6)28(35-37(13,14)31(7,8)9)19-18-23(2)22-26(5)30(25(4)20-21-33)36-38(15,16)32(10,11)12/h17,20-21,23-30,34H,1,18-19,22H2,2-16H3/b21-20-/t23-,24-,25-,26-,27-,28+,29-,30-/m0/s1. The molecule has 0 aliphatic rings. The Morgan fingerprint density at radius 3 is 1.71 bits per heavy atom. The largest absolute Gasteiger partial charge is 0.414 e. The zero-order chi connectivity index (χ0) is 30.3. The minimum Gasteiger partial charge on any atom is -0.414 e. The van der Waals surface area contributed by atoms with Gasteiger partial charge in [0.15, 0.2) is 16.6 Å². The molecule has 0 spiro atoms. The highest BCUT2D eigenvalue weighted by molar-refractivity contribution is 14.1.